The fourth-order valence-corrected chi connectivity index (χ4v) is 2.19. The van der Waals surface area contributed by atoms with Crippen molar-refractivity contribution in [3.05, 3.63) is 52.3 Å². The number of nitrogens with zero attached hydrogens (tertiary/aromatic N) is 1. The second-order valence-electron chi connectivity index (χ2n) is 4.75. The molecule has 0 aliphatic carbocycles. The van der Waals surface area contributed by atoms with Crippen LogP contribution in [0.25, 0.3) is 0 Å². The number of carbonyl (C=O) groups is 1. The largest absolute Gasteiger partial charge is 0.399 e. The van der Waals surface area contributed by atoms with Gasteiger partial charge in [0.2, 0.25) is 0 Å². The molecule has 0 heterocycles. The van der Waals surface area contributed by atoms with Gasteiger partial charge in [-0.3, -0.25) is 4.79 Å². The van der Waals surface area contributed by atoms with Crippen LogP contribution in [-0.2, 0) is 0 Å². The molecular formula is C15H15BrFN3O. The summed E-state index contributed by atoms with van der Waals surface area (Å²) < 4.78 is 14.6. The summed E-state index contributed by atoms with van der Waals surface area (Å²) in [6.45, 7) is 0. The molecule has 0 aliphatic rings. The predicted octanol–water partition coefficient (Wildman–Crippen LogP) is 3.62. The third-order valence-corrected chi connectivity index (χ3v) is 3.37. The lowest BCUT2D eigenvalue weighted by Gasteiger charge is -2.16. The highest BCUT2D eigenvalue weighted by atomic mass is 79.9. The number of carbonyl (C=O) groups excluding carboxylic acids is 1. The number of hydrogen-bond donors (Lipinski definition) is 2. The Balaban J connectivity index is 2.45. The Labute approximate surface area is 130 Å². The molecule has 0 fully saturated rings. The van der Waals surface area contributed by atoms with Crippen molar-refractivity contribution in [2.24, 2.45) is 0 Å². The van der Waals surface area contributed by atoms with E-state index in [0.29, 0.717) is 16.9 Å². The van der Waals surface area contributed by atoms with Crippen molar-refractivity contribution in [3.8, 4) is 0 Å². The molecule has 21 heavy (non-hydrogen) atoms. The van der Waals surface area contributed by atoms with E-state index in [1.54, 1.807) is 44.4 Å². The maximum absolute atomic E-state index is 13.8. The minimum absolute atomic E-state index is 0.187. The molecule has 0 bridgehead atoms. The first-order valence-corrected chi connectivity index (χ1v) is 7.01. The Morgan fingerprint density at radius 3 is 2.57 bits per heavy atom. The molecule has 0 saturated carbocycles. The summed E-state index contributed by atoms with van der Waals surface area (Å²) in [4.78, 5) is 13.6. The third kappa shape index (κ3) is 3.52. The van der Waals surface area contributed by atoms with Gasteiger partial charge in [0.05, 0.1) is 16.9 Å². The van der Waals surface area contributed by atoms with Gasteiger partial charge in [-0.15, -0.1) is 0 Å². The molecule has 2 aromatic carbocycles. The molecule has 2 rings (SSSR count). The minimum atomic E-state index is -0.413. The highest BCUT2D eigenvalue weighted by molar-refractivity contribution is 9.10. The van der Waals surface area contributed by atoms with E-state index in [2.05, 4.69) is 21.2 Å². The second-order valence-corrected chi connectivity index (χ2v) is 5.67. The molecule has 2 aromatic rings. The molecule has 4 nitrogen and oxygen atoms in total. The second kappa shape index (κ2) is 6.13. The zero-order valence-corrected chi connectivity index (χ0v) is 13.2. The molecule has 1 amide bonds. The first-order chi connectivity index (χ1) is 9.88. The zero-order valence-electron chi connectivity index (χ0n) is 11.7. The van der Waals surface area contributed by atoms with E-state index >= 15 is 0 Å². The number of rotatable bonds is 3. The van der Waals surface area contributed by atoms with E-state index in [0.717, 1.165) is 4.47 Å². The van der Waals surface area contributed by atoms with E-state index < -0.39 is 5.82 Å². The monoisotopic (exact) mass is 351 g/mol. The Morgan fingerprint density at radius 1 is 1.19 bits per heavy atom. The lowest BCUT2D eigenvalue weighted by Crippen LogP contribution is -2.22. The normalized spacial score (nSPS) is 10.3. The van der Waals surface area contributed by atoms with Gasteiger partial charge in [-0.05, 0) is 36.4 Å². The van der Waals surface area contributed by atoms with Crippen molar-refractivity contribution in [3.63, 3.8) is 0 Å². The highest BCUT2D eigenvalue weighted by Gasteiger charge is 2.15. The summed E-state index contributed by atoms with van der Waals surface area (Å²) in [5.41, 5.74) is 7.40. The van der Waals surface area contributed by atoms with Crippen molar-refractivity contribution in [1.82, 2.24) is 4.90 Å². The van der Waals surface area contributed by atoms with Crippen LogP contribution in [0.2, 0.25) is 0 Å². The van der Waals surface area contributed by atoms with Gasteiger partial charge in [0.1, 0.15) is 5.82 Å². The van der Waals surface area contributed by atoms with Crippen molar-refractivity contribution < 1.29 is 9.18 Å². The topological polar surface area (TPSA) is 58.4 Å². The maximum Gasteiger partial charge on any atom is 0.255 e. The fourth-order valence-electron chi connectivity index (χ4n) is 1.83. The van der Waals surface area contributed by atoms with E-state index in [1.165, 1.54) is 11.0 Å². The predicted molar refractivity (Wildman–Crippen MR) is 86.3 cm³/mol. The summed E-state index contributed by atoms with van der Waals surface area (Å²) in [5.74, 6) is -0.600. The van der Waals surface area contributed by atoms with Crippen LogP contribution in [0, 0.1) is 5.82 Å². The SMILES string of the molecule is CN(C)C(=O)c1ccc(N)cc1Nc1cc(Br)ccc1F. The van der Waals surface area contributed by atoms with Crippen molar-refractivity contribution >= 4 is 38.9 Å². The smallest absolute Gasteiger partial charge is 0.255 e. The Bertz CT molecular complexity index is 689. The summed E-state index contributed by atoms with van der Waals surface area (Å²) in [6.07, 6.45) is 0. The lowest BCUT2D eigenvalue weighted by molar-refractivity contribution is 0.0828. The molecule has 6 heteroatoms. The van der Waals surface area contributed by atoms with E-state index in [4.69, 9.17) is 5.73 Å². The number of hydrogen-bond acceptors (Lipinski definition) is 3. The average molecular weight is 352 g/mol. The van der Waals surface area contributed by atoms with E-state index in [1.807, 2.05) is 0 Å². The molecular weight excluding hydrogens is 337 g/mol. The Hall–Kier alpha value is -2.08. The molecule has 0 aromatic heterocycles. The number of benzene rings is 2. The summed E-state index contributed by atoms with van der Waals surface area (Å²) in [6, 6.07) is 9.41. The summed E-state index contributed by atoms with van der Waals surface area (Å²) >= 11 is 3.29. The molecule has 0 radical (unpaired) electrons. The van der Waals surface area contributed by atoms with Crippen LogP contribution in [-0.4, -0.2) is 24.9 Å². The molecule has 0 aliphatic heterocycles. The lowest BCUT2D eigenvalue weighted by atomic mass is 10.1. The van der Waals surface area contributed by atoms with Crippen LogP contribution in [0.4, 0.5) is 21.5 Å². The van der Waals surface area contributed by atoms with Gasteiger partial charge >= 0.3 is 0 Å². The minimum Gasteiger partial charge on any atom is -0.399 e. The highest BCUT2D eigenvalue weighted by Crippen LogP contribution is 2.28. The van der Waals surface area contributed by atoms with E-state index in [-0.39, 0.29) is 11.6 Å². The van der Waals surface area contributed by atoms with Gasteiger partial charge in [-0.25, -0.2) is 4.39 Å². The van der Waals surface area contributed by atoms with E-state index in [9.17, 15) is 9.18 Å². The molecule has 3 N–H and O–H groups in total. The van der Waals surface area contributed by atoms with Gasteiger partial charge in [0, 0.05) is 24.3 Å². The molecule has 0 unspecified atom stereocenters. The standard InChI is InChI=1S/C15H15BrFN3O/c1-20(2)15(21)11-5-4-10(18)8-13(11)19-14-7-9(16)3-6-12(14)17/h3-8,19H,18H2,1-2H3. The number of nitrogens with two attached hydrogens (primary N) is 1. The molecule has 110 valence electrons. The first-order valence-electron chi connectivity index (χ1n) is 6.21. The van der Waals surface area contributed by atoms with Crippen molar-refractivity contribution in [1.29, 1.82) is 0 Å². The van der Waals surface area contributed by atoms with Gasteiger partial charge in [0.15, 0.2) is 0 Å². The van der Waals surface area contributed by atoms with Gasteiger partial charge in [0.25, 0.3) is 5.91 Å². The van der Waals surface area contributed by atoms with Crippen LogP contribution in [0.3, 0.4) is 0 Å². The number of anilines is 3. The Morgan fingerprint density at radius 2 is 1.90 bits per heavy atom. The maximum atomic E-state index is 13.8. The third-order valence-electron chi connectivity index (χ3n) is 2.88. The summed E-state index contributed by atoms with van der Waals surface area (Å²) in [7, 11) is 3.31. The quantitative estimate of drug-likeness (QED) is 0.830. The van der Waals surface area contributed by atoms with Crippen LogP contribution in [0.5, 0.6) is 0 Å². The fraction of sp³-hybridized carbons (Fsp3) is 0.133. The van der Waals surface area contributed by atoms with Gasteiger partial charge in [-0.1, -0.05) is 15.9 Å². The van der Waals surface area contributed by atoms with Crippen LogP contribution in [0.1, 0.15) is 10.4 Å². The molecule has 0 saturated heterocycles. The first kappa shape index (κ1) is 15.3. The Kier molecular flexibility index (Phi) is 4.47. The molecule has 0 spiro atoms. The number of nitrogens with one attached hydrogen (secondary N) is 1. The molecule has 0 atom stereocenters. The van der Waals surface area contributed by atoms with Crippen LogP contribution in [0.15, 0.2) is 40.9 Å². The van der Waals surface area contributed by atoms with Crippen molar-refractivity contribution in [2.45, 2.75) is 0 Å². The summed E-state index contributed by atoms with van der Waals surface area (Å²) in [5, 5.41) is 2.93. The van der Waals surface area contributed by atoms with Crippen LogP contribution < -0.4 is 11.1 Å². The number of amides is 1. The van der Waals surface area contributed by atoms with Gasteiger partial charge in [-0.2, -0.15) is 0 Å². The zero-order chi connectivity index (χ0) is 15.6. The van der Waals surface area contributed by atoms with Gasteiger partial charge < -0.3 is 16.0 Å². The average Bonchev–Trinajstić information content (AvgIpc) is 2.42. The van der Waals surface area contributed by atoms with Crippen LogP contribution >= 0.6 is 15.9 Å². The number of halogens is 2. The van der Waals surface area contributed by atoms with Crippen molar-refractivity contribution in [2.75, 3.05) is 25.1 Å². The number of nitrogen functional groups attached to an aromatic ring is 1.